The monoisotopic (exact) mass is 293 g/mol. The number of halogens is 4. The number of anilines is 1. The second-order valence-corrected chi connectivity index (χ2v) is 5.61. The van der Waals surface area contributed by atoms with E-state index in [2.05, 4.69) is 29.1 Å². The minimum Gasteiger partial charge on any atom is -0.369 e. The Morgan fingerprint density at radius 3 is 2.47 bits per heavy atom. The summed E-state index contributed by atoms with van der Waals surface area (Å²) in [6.07, 6.45) is -2.34. The standard InChI is InChI=1S/C12H15ClF3N3/c1-7(2)11(3-4-11)6-17-9-5-8(12(14,15)16)18-10(13)19-9/h5,7H,3-4,6H2,1-2H3,(H,17,18,19). The highest BCUT2D eigenvalue weighted by Crippen LogP contribution is 2.51. The maximum atomic E-state index is 12.6. The van der Waals surface area contributed by atoms with Crippen LogP contribution in [0.25, 0.3) is 0 Å². The van der Waals surface area contributed by atoms with Gasteiger partial charge in [-0.15, -0.1) is 0 Å². The molecule has 0 aliphatic heterocycles. The molecule has 0 spiro atoms. The van der Waals surface area contributed by atoms with Crippen LogP contribution < -0.4 is 5.32 Å². The highest BCUT2D eigenvalue weighted by Gasteiger charge is 2.45. The smallest absolute Gasteiger partial charge is 0.369 e. The fourth-order valence-corrected chi connectivity index (χ4v) is 2.22. The number of alkyl halides is 3. The molecule has 1 aromatic rings. The SMILES string of the molecule is CC(C)C1(CNc2cc(C(F)(F)F)nc(Cl)n2)CC1. The summed E-state index contributed by atoms with van der Waals surface area (Å²) < 4.78 is 37.8. The van der Waals surface area contributed by atoms with E-state index in [1.807, 2.05) is 0 Å². The van der Waals surface area contributed by atoms with Gasteiger partial charge in [0.25, 0.3) is 0 Å². The highest BCUT2D eigenvalue weighted by atomic mass is 35.5. The van der Waals surface area contributed by atoms with E-state index in [1.165, 1.54) is 0 Å². The molecule has 1 aromatic heterocycles. The molecular weight excluding hydrogens is 279 g/mol. The van der Waals surface area contributed by atoms with Crippen molar-refractivity contribution in [3.63, 3.8) is 0 Å². The molecule has 1 aliphatic rings. The van der Waals surface area contributed by atoms with Crippen molar-refractivity contribution in [3.8, 4) is 0 Å². The van der Waals surface area contributed by atoms with Gasteiger partial charge in [0.2, 0.25) is 5.28 Å². The molecule has 0 amide bonds. The Labute approximate surface area is 114 Å². The predicted octanol–water partition coefficient (Wildman–Crippen LogP) is 4.00. The van der Waals surface area contributed by atoms with Crippen LogP contribution in [-0.2, 0) is 6.18 Å². The highest BCUT2D eigenvalue weighted by molar-refractivity contribution is 6.28. The lowest BCUT2D eigenvalue weighted by Gasteiger charge is -2.20. The summed E-state index contributed by atoms with van der Waals surface area (Å²) in [6.45, 7) is 4.83. The summed E-state index contributed by atoms with van der Waals surface area (Å²) in [4.78, 5) is 6.97. The summed E-state index contributed by atoms with van der Waals surface area (Å²) in [6, 6.07) is 0.891. The van der Waals surface area contributed by atoms with Gasteiger partial charge in [0, 0.05) is 12.6 Å². The first-order chi connectivity index (χ1) is 8.73. The zero-order chi connectivity index (χ0) is 14.3. The molecule has 106 valence electrons. The van der Waals surface area contributed by atoms with E-state index in [9.17, 15) is 13.2 Å². The van der Waals surface area contributed by atoms with Gasteiger partial charge in [0.15, 0.2) is 5.69 Å². The molecule has 0 unspecified atom stereocenters. The van der Waals surface area contributed by atoms with Crippen LogP contribution in [0.5, 0.6) is 0 Å². The molecule has 1 aliphatic carbocycles. The zero-order valence-corrected chi connectivity index (χ0v) is 11.4. The van der Waals surface area contributed by atoms with Crippen LogP contribution in [0.2, 0.25) is 5.28 Å². The van der Waals surface area contributed by atoms with Crippen LogP contribution in [0.3, 0.4) is 0 Å². The number of hydrogen-bond acceptors (Lipinski definition) is 3. The molecule has 3 nitrogen and oxygen atoms in total. The van der Waals surface area contributed by atoms with Crippen molar-refractivity contribution in [2.75, 3.05) is 11.9 Å². The first-order valence-electron chi connectivity index (χ1n) is 6.09. The molecule has 1 saturated carbocycles. The Morgan fingerprint density at radius 1 is 1.37 bits per heavy atom. The van der Waals surface area contributed by atoms with Crippen molar-refractivity contribution >= 4 is 17.4 Å². The molecule has 2 rings (SSSR count). The van der Waals surface area contributed by atoms with Crippen LogP contribution in [0, 0.1) is 11.3 Å². The van der Waals surface area contributed by atoms with Crippen LogP contribution >= 0.6 is 11.6 Å². The molecule has 1 fully saturated rings. The lowest BCUT2D eigenvalue weighted by Crippen LogP contribution is -2.22. The van der Waals surface area contributed by atoms with Gasteiger partial charge in [-0.1, -0.05) is 13.8 Å². The Morgan fingerprint density at radius 2 is 2.00 bits per heavy atom. The Bertz CT molecular complexity index is 470. The van der Waals surface area contributed by atoms with E-state index in [4.69, 9.17) is 11.6 Å². The van der Waals surface area contributed by atoms with Crippen LogP contribution in [0.4, 0.5) is 19.0 Å². The second kappa shape index (κ2) is 4.81. The minimum atomic E-state index is -4.52. The van der Waals surface area contributed by atoms with Gasteiger partial charge in [0.1, 0.15) is 5.82 Å². The Balaban J connectivity index is 2.11. The average Bonchev–Trinajstić information content (AvgIpc) is 3.05. The molecule has 0 bridgehead atoms. The first kappa shape index (κ1) is 14.4. The summed E-state index contributed by atoms with van der Waals surface area (Å²) in [5.74, 6) is 0.610. The minimum absolute atomic E-state index is 0.124. The van der Waals surface area contributed by atoms with Gasteiger partial charge < -0.3 is 5.32 Å². The van der Waals surface area contributed by atoms with Crippen molar-refractivity contribution in [1.82, 2.24) is 9.97 Å². The third-order valence-electron chi connectivity index (χ3n) is 3.73. The molecule has 0 radical (unpaired) electrons. The molecule has 1 N–H and O–H groups in total. The van der Waals surface area contributed by atoms with E-state index in [1.54, 1.807) is 0 Å². The van der Waals surface area contributed by atoms with Crippen molar-refractivity contribution in [2.45, 2.75) is 32.9 Å². The Kier molecular flexibility index (Phi) is 3.64. The molecule has 0 saturated heterocycles. The van der Waals surface area contributed by atoms with Crippen molar-refractivity contribution in [3.05, 3.63) is 17.0 Å². The van der Waals surface area contributed by atoms with Crippen molar-refractivity contribution in [2.24, 2.45) is 11.3 Å². The van der Waals surface area contributed by atoms with Crippen molar-refractivity contribution < 1.29 is 13.2 Å². The fraction of sp³-hybridized carbons (Fsp3) is 0.667. The topological polar surface area (TPSA) is 37.8 Å². The summed E-state index contributed by atoms with van der Waals surface area (Å²) in [5.41, 5.74) is -0.847. The molecule has 19 heavy (non-hydrogen) atoms. The van der Waals surface area contributed by atoms with Crippen LogP contribution in [0.15, 0.2) is 6.07 Å². The summed E-state index contributed by atoms with van der Waals surface area (Å²) >= 11 is 5.52. The van der Waals surface area contributed by atoms with Gasteiger partial charge >= 0.3 is 6.18 Å². The Hall–Kier alpha value is -1.04. The molecule has 0 aromatic carbocycles. The first-order valence-corrected chi connectivity index (χ1v) is 6.46. The molecule has 1 heterocycles. The van der Waals surface area contributed by atoms with E-state index in [0.717, 1.165) is 18.9 Å². The fourth-order valence-electron chi connectivity index (χ4n) is 2.04. The largest absolute Gasteiger partial charge is 0.433 e. The predicted molar refractivity (Wildman–Crippen MR) is 67.0 cm³/mol. The molecule has 0 atom stereocenters. The third kappa shape index (κ3) is 3.29. The van der Waals surface area contributed by atoms with E-state index >= 15 is 0 Å². The quantitative estimate of drug-likeness (QED) is 0.853. The number of nitrogens with zero attached hydrogens (tertiary/aromatic N) is 2. The second-order valence-electron chi connectivity index (χ2n) is 5.28. The van der Waals surface area contributed by atoms with Crippen LogP contribution in [-0.4, -0.2) is 16.5 Å². The van der Waals surface area contributed by atoms with Gasteiger partial charge in [-0.3, -0.25) is 0 Å². The molecule has 7 heteroatoms. The number of nitrogens with one attached hydrogen (secondary N) is 1. The number of hydrogen-bond donors (Lipinski definition) is 1. The van der Waals surface area contributed by atoms with Crippen molar-refractivity contribution in [1.29, 1.82) is 0 Å². The summed E-state index contributed by atoms with van der Waals surface area (Å²) in [5, 5.41) is 2.55. The molecular formula is C12H15ClF3N3. The van der Waals surface area contributed by atoms with E-state index in [0.29, 0.717) is 12.5 Å². The van der Waals surface area contributed by atoms with Gasteiger partial charge in [-0.25, -0.2) is 9.97 Å². The van der Waals surface area contributed by atoms with Crippen LogP contribution in [0.1, 0.15) is 32.4 Å². The van der Waals surface area contributed by atoms with Gasteiger partial charge in [0.05, 0.1) is 0 Å². The third-order valence-corrected chi connectivity index (χ3v) is 3.90. The summed E-state index contributed by atoms with van der Waals surface area (Å²) in [7, 11) is 0. The average molecular weight is 294 g/mol. The lowest BCUT2D eigenvalue weighted by molar-refractivity contribution is -0.141. The number of aromatic nitrogens is 2. The van der Waals surface area contributed by atoms with E-state index < -0.39 is 17.2 Å². The maximum absolute atomic E-state index is 12.6. The normalized spacial score (nSPS) is 17.6. The van der Waals surface area contributed by atoms with Gasteiger partial charge in [-0.05, 0) is 35.8 Å². The maximum Gasteiger partial charge on any atom is 0.433 e. The number of rotatable bonds is 4. The lowest BCUT2D eigenvalue weighted by atomic mass is 9.92. The van der Waals surface area contributed by atoms with E-state index in [-0.39, 0.29) is 11.2 Å². The zero-order valence-electron chi connectivity index (χ0n) is 10.7. The van der Waals surface area contributed by atoms with Gasteiger partial charge in [-0.2, -0.15) is 13.2 Å².